The first-order valence-electron chi connectivity index (χ1n) is 6.21. The number of carboxylic acids is 1. The van der Waals surface area contributed by atoms with E-state index in [1.165, 1.54) is 0 Å². The molecule has 0 aliphatic carbocycles. The van der Waals surface area contributed by atoms with Gasteiger partial charge in [-0.05, 0) is 13.3 Å². The van der Waals surface area contributed by atoms with Crippen molar-refractivity contribution >= 4 is 11.8 Å². The summed E-state index contributed by atoms with van der Waals surface area (Å²) in [4.78, 5) is 22.8. The van der Waals surface area contributed by atoms with Gasteiger partial charge in [0.2, 0.25) is 0 Å². The quantitative estimate of drug-likeness (QED) is 0.610. The van der Waals surface area contributed by atoms with Crippen LogP contribution in [0.3, 0.4) is 0 Å². The van der Waals surface area contributed by atoms with Gasteiger partial charge in [0, 0.05) is 18.5 Å². The van der Waals surface area contributed by atoms with E-state index >= 15 is 0 Å². The Bertz CT molecular complexity index is 428. The third-order valence-electron chi connectivity index (χ3n) is 2.80. The van der Waals surface area contributed by atoms with Crippen molar-refractivity contribution in [3.63, 3.8) is 0 Å². The molecule has 0 amide bonds. The maximum absolute atomic E-state index is 12.2. The van der Waals surface area contributed by atoms with Crippen LogP contribution in [0.25, 0.3) is 0 Å². The van der Waals surface area contributed by atoms with E-state index < -0.39 is 12.0 Å². The van der Waals surface area contributed by atoms with Gasteiger partial charge in [0.05, 0.1) is 12.6 Å². The van der Waals surface area contributed by atoms with E-state index in [0.29, 0.717) is 5.56 Å². The standard InChI is InChI=1S/C14H19NO4/c1-10-2-4-11(5-3-10)14(19)12(15-8-9-16)6-7-13(17)18/h2-5,12,15-16H,6-9H2,1H3,(H,17,18). The van der Waals surface area contributed by atoms with Gasteiger partial charge in [-0.25, -0.2) is 0 Å². The number of aliphatic carboxylic acids is 1. The molecule has 1 aromatic rings. The number of aryl methyl sites for hydroxylation is 1. The summed E-state index contributed by atoms with van der Waals surface area (Å²) < 4.78 is 0. The SMILES string of the molecule is Cc1ccc(C(=O)C(CCC(=O)O)NCCO)cc1. The molecule has 5 heteroatoms. The number of benzene rings is 1. The number of ketones is 1. The molecule has 0 radical (unpaired) electrons. The number of Topliss-reactive ketones (excluding diaryl/α,β-unsaturated/α-hetero) is 1. The molecule has 104 valence electrons. The van der Waals surface area contributed by atoms with Crippen molar-refractivity contribution < 1.29 is 19.8 Å². The fourth-order valence-electron chi connectivity index (χ4n) is 1.75. The smallest absolute Gasteiger partial charge is 0.303 e. The number of carboxylic acid groups (broad SMARTS) is 1. The Morgan fingerprint density at radius 2 is 1.89 bits per heavy atom. The largest absolute Gasteiger partial charge is 0.481 e. The Balaban J connectivity index is 2.74. The minimum absolute atomic E-state index is 0.0826. The lowest BCUT2D eigenvalue weighted by Gasteiger charge is -2.16. The molecule has 0 aromatic heterocycles. The summed E-state index contributed by atoms with van der Waals surface area (Å²) in [5, 5.41) is 20.4. The Hall–Kier alpha value is -1.72. The molecule has 1 rings (SSSR count). The van der Waals surface area contributed by atoms with Crippen LogP contribution in [0.5, 0.6) is 0 Å². The first kappa shape index (κ1) is 15.3. The van der Waals surface area contributed by atoms with Gasteiger partial charge >= 0.3 is 5.97 Å². The topological polar surface area (TPSA) is 86.6 Å². The normalized spacial score (nSPS) is 12.1. The van der Waals surface area contributed by atoms with Gasteiger partial charge in [-0.2, -0.15) is 0 Å². The lowest BCUT2D eigenvalue weighted by molar-refractivity contribution is -0.137. The third kappa shape index (κ3) is 5.19. The highest BCUT2D eigenvalue weighted by molar-refractivity contribution is 6.00. The van der Waals surface area contributed by atoms with Gasteiger partial charge in [0.1, 0.15) is 0 Å². The second kappa shape index (κ2) is 7.66. The van der Waals surface area contributed by atoms with Gasteiger partial charge in [-0.3, -0.25) is 9.59 Å². The van der Waals surface area contributed by atoms with Crippen LogP contribution < -0.4 is 5.32 Å². The van der Waals surface area contributed by atoms with E-state index in [0.717, 1.165) is 5.56 Å². The van der Waals surface area contributed by atoms with Crippen LogP contribution in [0, 0.1) is 6.92 Å². The number of nitrogens with one attached hydrogen (secondary N) is 1. The fraction of sp³-hybridized carbons (Fsp3) is 0.429. The van der Waals surface area contributed by atoms with Gasteiger partial charge in [0.15, 0.2) is 5.78 Å². The second-order valence-corrected chi connectivity index (χ2v) is 4.39. The number of aliphatic hydroxyl groups excluding tert-OH is 1. The number of hydrogen-bond acceptors (Lipinski definition) is 4. The molecule has 0 fully saturated rings. The summed E-state index contributed by atoms with van der Waals surface area (Å²) >= 11 is 0. The molecule has 0 aliphatic rings. The highest BCUT2D eigenvalue weighted by Crippen LogP contribution is 2.10. The van der Waals surface area contributed by atoms with Crippen LogP contribution in [0.1, 0.15) is 28.8 Å². The van der Waals surface area contributed by atoms with E-state index in [-0.39, 0.29) is 31.8 Å². The van der Waals surface area contributed by atoms with Crippen molar-refractivity contribution in [3.05, 3.63) is 35.4 Å². The Labute approximate surface area is 112 Å². The second-order valence-electron chi connectivity index (χ2n) is 4.39. The lowest BCUT2D eigenvalue weighted by atomic mass is 9.99. The monoisotopic (exact) mass is 265 g/mol. The molecule has 5 nitrogen and oxygen atoms in total. The minimum Gasteiger partial charge on any atom is -0.481 e. The first-order chi connectivity index (χ1) is 9.04. The predicted octanol–water partition coefficient (Wildman–Crippen LogP) is 0.993. The minimum atomic E-state index is -0.937. The van der Waals surface area contributed by atoms with Crippen LogP contribution in [0.4, 0.5) is 0 Å². The molecular weight excluding hydrogens is 246 g/mol. The predicted molar refractivity (Wildman–Crippen MR) is 71.3 cm³/mol. The van der Waals surface area contributed by atoms with Crippen LogP contribution in [0.15, 0.2) is 24.3 Å². The summed E-state index contributed by atoms with van der Waals surface area (Å²) in [6.45, 7) is 2.10. The van der Waals surface area contributed by atoms with Gasteiger partial charge in [0.25, 0.3) is 0 Å². The van der Waals surface area contributed by atoms with Crippen molar-refractivity contribution in [1.82, 2.24) is 5.32 Å². The van der Waals surface area contributed by atoms with E-state index in [1.807, 2.05) is 19.1 Å². The van der Waals surface area contributed by atoms with Gasteiger partial charge < -0.3 is 15.5 Å². The van der Waals surface area contributed by atoms with Crippen molar-refractivity contribution in [3.8, 4) is 0 Å². The Morgan fingerprint density at radius 1 is 1.26 bits per heavy atom. The summed E-state index contributed by atoms with van der Waals surface area (Å²) in [5.74, 6) is -1.08. The molecule has 1 atom stereocenters. The van der Waals surface area contributed by atoms with Crippen LogP contribution in [0.2, 0.25) is 0 Å². The van der Waals surface area contributed by atoms with Crippen molar-refractivity contribution in [2.24, 2.45) is 0 Å². The van der Waals surface area contributed by atoms with Crippen molar-refractivity contribution in [2.75, 3.05) is 13.2 Å². The van der Waals surface area contributed by atoms with Crippen LogP contribution in [-0.2, 0) is 4.79 Å². The summed E-state index contributed by atoms with van der Waals surface area (Å²) in [7, 11) is 0. The maximum atomic E-state index is 12.2. The molecule has 19 heavy (non-hydrogen) atoms. The van der Waals surface area contributed by atoms with Gasteiger partial charge in [-0.15, -0.1) is 0 Å². The number of aliphatic hydroxyl groups is 1. The molecule has 0 heterocycles. The summed E-state index contributed by atoms with van der Waals surface area (Å²) in [5.41, 5.74) is 1.60. The average molecular weight is 265 g/mol. The van der Waals surface area contributed by atoms with Crippen LogP contribution in [-0.4, -0.2) is 41.2 Å². The van der Waals surface area contributed by atoms with Gasteiger partial charge in [-0.1, -0.05) is 29.8 Å². The molecule has 0 aliphatic heterocycles. The molecule has 1 unspecified atom stereocenters. The van der Waals surface area contributed by atoms with Crippen molar-refractivity contribution in [1.29, 1.82) is 0 Å². The lowest BCUT2D eigenvalue weighted by Crippen LogP contribution is -2.38. The van der Waals surface area contributed by atoms with E-state index in [1.54, 1.807) is 12.1 Å². The molecule has 0 saturated heterocycles. The molecule has 0 saturated carbocycles. The van der Waals surface area contributed by atoms with E-state index in [4.69, 9.17) is 10.2 Å². The zero-order valence-electron chi connectivity index (χ0n) is 10.9. The molecular formula is C14H19NO4. The fourth-order valence-corrected chi connectivity index (χ4v) is 1.75. The van der Waals surface area contributed by atoms with Crippen molar-refractivity contribution in [2.45, 2.75) is 25.8 Å². The molecule has 1 aromatic carbocycles. The number of carbonyl (C=O) groups is 2. The molecule has 3 N–H and O–H groups in total. The van der Waals surface area contributed by atoms with E-state index in [9.17, 15) is 9.59 Å². The number of hydrogen-bond donors (Lipinski definition) is 3. The van der Waals surface area contributed by atoms with Crippen LogP contribution >= 0.6 is 0 Å². The highest BCUT2D eigenvalue weighted by Gasteiger charge is 2.20. The molecule has 0 spiro atoms. The Morgan fingerprint density at radius 3 is 2.42 bits per heavy atom. The summed E-state index contributed by atoms with van der Waals surface area (Å²) in [6.07, 6.45) is 0.128. The number of rotatable bonds is 8. The third-order valence-corrected chi connectivity index (χ3v) is 2.80. The zero-order chi connectivity index (χ0) is 14.3. The first-order valence-corrected chi connectivity index (χ1v) is 6.21. The molecule has 0 bridgehead atoms. The highest BCUT2D eigenvalue weighted by atomic mass is 16.4. The summed E-state index contributed by atoms with van der Waals surface area (Å²) in [6, 6.07) is 6.56. The number of carbonyl (C=O) groups excluding carboxylic acids is 1. The van der Waals surface area contributed by atoms with E-state index in [2.05, 4.69) is 5.32 Å². The maximum Gasteiger partial charge on any atom is 0.303 e. The Kier molecular flexibility index (Phi) is 6.18. The average Bonchev–Trinajstić information content (AvgIpc) is 2.39. The zero-order valence-corrected chi connectivity index (χ0v) is 10.9.